The monoisotopic (exact) mass is 1080 g/mol. The van der Waals surface area contributed by atoms with Gasteiger partial charge in [-0.2, -0.15) is 0 Å². The Labute approximate surface area is 466 Å². The topological polar surface area (TPSA) is 175 Å². The van der Waals surface area contributed by atoms with Gasteiger partial charge in [0.15, 0.2) is 24.6 Å². The van der Waals surface area contributed by atoms with E-state index in [9.17, 15) is 34.5 Å². The average molecular weight is 1080 g/mol. The Kier molecular flexibility index (Phi) is 48.0. The Balaban J connectivity index is 2.73. The molecule has 6 atom stereocenters. The van der Waals surface area contributed by atoms with E-state index in [0.29, 0.717) is 25.7 Å². The molecule has 0 aromatic carbocycles. The molecule has 0 spiro atoms. The van der Waals surface area contributed by atoms with Crippen molar-refractivity contribution < 1.29 is 58.2 Å². The SMILES string of the molecule is CC/C=C\C/C=C\C/C=C\C/C=C\C/C=C\CCCC(=O)OC1C(OCC(COC(=O)CCCCCCCCC/C=C\C/C=C\CCCCC)OC(=O)CCCCCCC/C=C\CCCCCC)OC(C(=O)O)C(O)C1O. The van der Waals surface area contributed by atoms with Crippen LogP contribution in [0.2, 0.25) is 0 Å². The molecule has 6 unspecified atom stereocenters. The van der Waals surface area contributed by atoms with Crippen LogP contribution >= 0.6 is 0 Å². The summed E-state index contributed by atoms with van der Waals surface area (Å²) < 4.78 is 28.4. The third kappa shape index (κ3) is 42.3. The summed E-state index contributed by atoms with van der Waals surface area (Å²) in [6, 6.07) is 0. The summed E-state index contributed by atoms with van der Waals surface area (Å²) in [7, 11) is 0. The fourth-order valence-electron chi connectivity index (χ4n) is 8.49. The predicted octanol–water partition coefficient (Wildman–Crippen LogP) is 15.7. The molecular formula is C65H106O12. The van der Waals surface area contributed by atoms with E-state index < -0.39 is 67.3 Å². The van der Waals surface area contributed by atoms with Crippen LogP contribution in [0.5, 0.6) is 0 Å². The number of carbonyl (C=O) groups is 4. The molecule has 0 amide bonds. The highest BCUT2D eigenvalue weighted by Gasteiger charge is 2.50. The fraction of sp³-hybridized carbons (Fsp3) is 0.692. The van der Waals surface area contributed by atoms with Crippen LogP contribution in [-0.2, 0) is 42.9 Å². The lowest BCUT2D eigenvalue weighted by Crippen LogP contribution is -2.61. The average Bonchev–Trinajstić information content (AvgIpc) is 3.42. The lowest BCUT2D eigenvalue weighted by molar-refractivity contribution is -0.301. The minimum Gasteiger partial charge on any atom is -0.479 e. The number of aliphatic carboxylic acids is 1. The van der Waals surface area contributed by atoms with Crippen molar-refractivity contribution in [3.63, 3.8) is 0 Å². The molecule has 0 radical (unpaired) electrons. The first-order chi connectivity index (χ1) is 37.6. The molecular weight excluding hydrogens is 973 g/mol. The summed E-state index contributed by atoms with van der Waals surface area (Å²) in [6.07, 6.45) is 56.6. The molecule has 12 nitrogen and oxygen atoms in total. The Morgan fingerprint density at radius 2 is 0.831 bits per heavy atom. The van der Waals surface area contributed by atoms with E-state index >= 15 is 0 Å². The summed E-state index contributed by atoms with van der Waals surface area (Å²) in [5.74, 6) is -3.22. The minimum atomic E-state index is -1.93. The number of ether oxygens (including phenoxy) is 5. The van der Waals surface area contributed by atoms with E-state index in [-0.39, 0.29) is 25.9 Å². The largest absolute Gasteiger partial charge is 0.479 e. The number of rotatable bonds is 50. The number of hydrogen-bond donors (Lipinski definition) is 3. The van der Waals surface area contributed by atoms with Crippen LogP contribution in [0.25, 0.3) is 0 Å². The fourth-order valence-corrected chi connectivity index (χ4v) is 8.49. The Hall–Kier alpha value is -4.36. The number of hydrogen-bond acceptors (Lipinski definition) is 11. The second-order valence-electron chi connectivity index (χ2n) is 20.2. The van der Waals surface area contributed by atoms with Gasteiger partial charge in [0.1, 0.15) is 18.8 Å². The summed E-state index contributed by atoms with van der Waals surface area (Å²) in [5, 5.41) is 31.5. The maximum absolute atomic E-state index is 13.1. The van der Waals surface area contributed by atoms with E-state index in [2.05, 4.69) is 106 Å². The zero-order valence-electron chi connectivity index (χ0n) is 48.2. The van der Waals surface area contributed by atoms with Crippen molar-refractivity contribution in [2.75, 3.05) is 13.2 Å². The van der Waals surface area contributed by atoms with Crippen molar-refractivity contribution in [2.45, 2.75) is 276 Å². The number of unbranched alkanes of at least 4 members (excludes halogenated alkanes) is 20. The first kappa shape index (κ1) is 70.7. The number of esters is 3. The molecule has 1 aliphatic heterocycles. The molecule has 438 valence electrons. The maximum atomic E-state index is 13.1. The zero-order valence-corrected chi connectivity index (χ0v) is 48.2. The summed E-state index contributed by atoms with van der Waals surface area (Å²) in [5.41, 5.74) is 0. The van der Waals surface area contributed by atoms with Crippen molar-refractivity contribution in [3.05, 3.63) is 97.2 Å². The second-order valence-corrected chi connectivity index (χ2v) is 20.2. The summed E-state index contributed by atoms with van der Waals surface area (Å²) >= 11 is 0. The molecule has 0 aliphatic carbocycles. The van der Waals surface area contributed by atoms with Gasteiger partial charge in [0.05, 0.1) is 6.61 Å². The molecule has 0 aromatic rings. The van der Waals surface area contributed by atoms with Crippen LogP contribution in [0, 0.1) is 0 Å². The molecule has 1 rings (SSSR count). The van der Waals surface area contributed by atoms with Crippen LogP contribution in [0.15, 0.2) is 97.2 Å². The highest BCUT2D eigenvalue weighted by atomic mass is 16.7. The molecule has 12 heteroatoms. The van der Waals surface area contributed by atoms with Crippen LogP contribution < -0.4 is 0 Å². The molecule has 3 N–H and O–H groups in total. The highest BCUT2D eigenvalue weighted by molar-refractivity contribution is 5.74. The van der Waals surface area contributed by atoms with Gasteiger partial charge in [-0.25, -0.2) is 4.79 Å². The van der Waals surface area contributed by atoms with Crippen LogP contribution in [0.3, 0.4) is 0 Å². The van der Waals surface area contributed by atoms with E-state index in [1.54, 1.807) is 0 Å². The van der Waals surface area contributed by atoms with Crippen molar-refractivity contribution >= 4 is 23.9 Å². The van der Waals surface area contributed by atoms with Crippen molar-refractivity contribution in [1.82, 2.24) is 0 Å². The van der Waals surface area contributed by atoms with Gasteiger partial charge >= 0.3 is 23.9 Å². The Morgan fingerprint density at radius 1 is 0.442 bits per heavy atom. The number of carboxylic acids is 1. The zero-order chi connectivity index (χ0) is 56.1. The maximum Gasteiger partial charge on any atom is 0.335 e. The second kappa shape index (κ2) is 52.3. The molecule has 0 aromatic heterocycles. The normalized spacial score (nSPS) is 18.7. The number of aliphatic hydroxyl groups is 2. The Morgan fingerprint density at radius 3 is 1.32 bits per heavy atom. The quantitative estimate of drug-likeness (QED) is 0.0228. The summed E-state index contributed by atoms with van der Waals surface area (Å²) in [6.45, 7) is 5.80. The summed E-state index contributed by atoms with van der Waals surface area (Å²) in [4.78, 5) is 51.1. The first-order valence-electron chi connectivity index (χ1n) is 30.2. The molecule has 0 saturated carbocycles. The molecule has 0 bridgehead atoms. The van der Waals surface area contributed by atoms with Crippen LogP contribution in [0.4, 0.5) is 0 Å². The van der Waals surface area contributed by atoms with Gasteiger partial charge in [0, 0.05) is 19.3 Å². The van der Waals surface area contributed by atoms with Gasteiger partial charge in [-0.3, -0.25) is 14.4 Å². The van der Waals surface area contributed by atoms with Crippen molar-refractivity contribution in [2.24, 2.45) is 0 Å². The predicted molar refractivity (Wildman–Crippen MR) is 312 cm³/mol. The van der Waals surface area contributed by atoms with Gasteiger partial charge in [-0.15, -0.1) is 0 Å². The van der Waals surface area contributed by atoms with Gasteiger partial charge in [-0.1, -0.05) is 201 Å². The highest BCUT2D eigenvalue weighted by Crippen LogP contribution is 2.26. The van der Waals surface area contributed by atoms with Crippen molar-refractivity contribution in [3.8, 4) is 0 Å². The molecule has 1 fully saturated rings. The minimum absolute atomic E-state index is 0.0231. The van der Waals surface area contributed by atoms with E-state index in [4.69, 9.17) is 23.7 Å². The van der Waals surface area contributed by atoms with Gasteiger partial charge in [0.2, 0.25) is 0 Å². The third-order valence-electron chi connectivity index (χ3n) is 13.1. The van der Waals surface area contributed by atoms with E-state index in [1.165, 1.54) is 64.2 Å². The van der Waals surface area contributed by atoms with E-state index in [0.717, 1.165) is 109 Å². The number of aliphatic hydroxyl groups excluding tert-OH is 2. The van der Waals surface area contributed by atoms with Crippen molar-refractivity contribution in [1.29, 1.82) is 0 Å². The third-order valence-corrected chi connectivity index (χ3v) is 13.1. The van der Waals surface area contributed by atoms with Gasteiger partial charge < -0.3 is 39.0 Å². The van der Waals surface area contributed by atoms with Crippen LogP contribution in [-0.4, -0.2) is 89.2 Å². The molecule has 1 heterocycles. The lowest BCUT2D eigenvalue weighted by Gasteiger charge is -2.40. The van der Waals surface area contributed by atoms with E-state index in [1.807, 2.05) is 12.2 Å². The molecule has 77 heavy (non-hydrogen) atoms. The van der Waals surface area contributed by atoms with Gasteiger partial charge in [-0.05, 0) is 116 Å². The van der Waals surface area contributed by atoms with Crippen LogP contribution in [0.1, 0.15) is 239 Å². The smallest absolute Gasteiger partial charge is 0.335 e. The number of allylic oxidation sites excluding steroid dienone is 16. The molecule has 1 saturated heterocycles. The van der Waals surface area contributed by atoms with Gasteiger partial charge in [0.25, 0.3) is 0 Å². The number of carbonyl (C=O) groups excluding carboxylic acids is 3. The molecule has 1 aliphatic rings. The standard InChI is InChI=1S/C65H106O12/c1-4-7-10-13-16-19-22-25-27-29-31-34-36-39-42-45-48-51-57(66)73-54-56(75-58(67)52-49-46-43-40-37-33-24-21-18-15-12-9-6-3)55-74-65-63(61(70)60(69)62(77-65)64(71)72)76-59(68)53-50-47-44-41-38-35-32-30-28-26-23-20-17-14-11-8-5-2/h8,11,16-17,19-21,24-28,32,35,41,44,56,60-63,65,69-70H,4-7,9-10,12-15,18,22-23,29-31,33-34,36-40,42-43,45-55H2,1-3H3,(H,71,72)/b11-8-,19-16-,20-17-,24-21-,27-25-,28-26-,35-32-,44-41-. The Bertz CT molecular complexity index is 1710. The lowest BCUT2D eigenvalue weighted by atomic mass is 9.98. The number of carboxylic acid groups (broad SMARTS) is 1. The first-order valence-corrected chi connectivity index (χ1v) is 30.2.